The third-order valence-corrected chi connectivity index (χ3v) is 6.96. The molecule has 0 amide bonds. The maximum atomic E-state index is 6.88. The normalized spacial score (nSPS) is 14.2. The van der Waals surface area contributed by atoms with Gasteiger partial charge in [-0.2, -0.15) is 0 Å². The lowest BCUT2D eigenvalue weighted by Gasteiger charge is -2.44. The van der Waals surface area contributed by atoms with Gasteiger partial charge >= 0.3 is 0 Å². The van der Waals surface area contributed by atoms with E-state index in [1.807, 2.05) is 0 Å². The summed E-state index contributed by atoms with van der Waals surface area (Å²) in [6.45, 7) is 11.7. The van der Waals surface area contributed by atoms with Gasteiger partial charge in [-0.3, -0.25) is 0 Å². The molecule has 0 fully saturated rings. The van der Waals surface area contributed by atoms with Crippen molar-refractivity contribution in [2.24, 2.45) is 11.7 Å². The van der Waals surface area contributed by atoms with Crippen molar-refractivity contribution in [2.75, 3.05) is 0 Å². The molecule has 0 bridgehead atoms. The monoisotopic (exact) mass is 387 g/mol. The Morgan fingerprint density at radius 3 is 1.93 bits per heavy atom. The first-order chi connectivity index (χ1) is 13.6. The zero-order chi connectivity index (χ0) is 20.8. The van der Waals surface area contributed by atoms with E-state index in [1.54, 1.807) is 11.1 Å². The Hall–Kier alpha value is -0.820. The standard InChI is InChI=1S/C27H49N/c1-6-10-14-20-26(28)23(5)27(21-12-8-3,22-13-9-4)25-19-16-15-18-24(25)17-11-7-2/h15-16,18-19,23,26H,6-14,17,20-22,28H2,1-5H3. The van der Waals surface area contributed by atoms with Crippen LogP contribution in [-0.4, -0.2) is 6.04 Å². The number of hydrogen-bond acceptors (Lipinski definition) is 1. The molecule has 0 aliphatic carbocycles. The first-order valence-electron chi connectivity index (χ1n) is 12.4. The summed E-state index contributed by atoms with van der Waals surface area (Å²) in [5, 5.41) is 0. The average Bonchev–Trinajstić information content (AvgIpc) is 2.72. The van der Waals surface area contributed by atoms with Crippen LogP contribution in [0.25, 0.3) is 0 Å². The molecule has 2 atom stereocenters. The summed E-state index contributed by atoms with van der Waals surface area (Å²) in [7, 11) is 0. The van der Waals surface area contributed by atoms with Crippen LogP contribution in [0, 0.1) is 5.92 Å². The minimum absolute atomic E-state index is 0.238. The van der Waals surface area contributed by atoms with Gasteiger partial charge in [-0.1, -0.05) is 110 Å². The molecule has 0 aliphatic rings. The SMILES string of the molecule is CCCCCC(N)C(C)C(CCCC)(CCCC)c1ccccc1CCCC. The van der Waals surface area contributed by atoms with Crippen molar-refractivity contribution < 1.29 is 0 Å². The molecule has 0 saturated carbocycles. The predicted molar refractivity (Wildman–Crippen MR) is 127 cm³/mol. The van der Waals surface area contributed by atoms with Gasteiger partial charge in [-0.15, -0.1) is 0 Å². The van der Waals surface area contributed by atoms with Gasteiger partial charge in [0.2, 0.25) is 0 Å². The van der Waals surface area contributed by atoms with E-state index in [0.29, 0.717) is 12.0 Å². The third-order valence-electron chi connectivity index (χ3n) is 6.96. The summed E-state index contributed by atoms with van der Waals surface area (Å²) in [5.74, 6) is 0.533. The van der Waals surface area contributed by atoms with Gasteiger partial charge in [0.05, 0.1) is 0 Å². The van der Waals surface area contributed by atoms with Crippen molar-refractivity contribution in [1.29, 1.82) is 0 Å². The maximum Gasteiger partial charge on any atom is 0.00730 e. The third kappa shape index (κ3) is 7.21. The molecule has 28 heavy (non-hydrogen) atoms. The van der Waals surface area contributed by atoms with E-state index in [4.69, 9.17) is 5.73 Å². The van der Waals surface area contributed by atoms with Crippen molar-refractivity contribution in [3.63, 3.8) is 0 Å². The van der Waals surface area contributed by atoms with Crippen LogP contribution in [-0.2, 0) is 11.8 Å². The summed E-state index contributed by atoms with van der Waals surface area (Å²) in [6, 6.07) is 9.66. The molecule has 162 valence electrons. The topological polar surface area (TPSA) is 26.0 Å². The number of rotatable bonds is 16. The summed E-state index contributed by atoms with van der Waals surface area (Å²) in [5.41, 5.74) is 10.3. The molecule has 0 radical (unpaired) electrons. The van der Waals surface area contributed by atoms with E-state index in [-0.39, 0.29) is 5.41 Å². The fraction of sp³-hybridized carbons (Fsp3) is 0.778. The number of aryl methyl sites for hydroxylation is 1. The second-order valence-electron chi connectivity index (χ2n) is 9.07. The van der Waals surface area contributed by atoms with Crippen LogP contribution in [0.15, 0.2) is 24.3 Å². The fourth-order valence-corrected chi connectivity index (χ4v) is 4.96. The van der Waals surface area contributed by atoms with Crippen LogP contribution in [0.3, 0.4) is 0 Å². The van der Waals surface area contributed by atoms with Crippen molar-refractivity contribution in [3.05, 3.63) is 35.4 Å². The molecule has 0 aromatic heterocycles. The lowest BCUT2D eigenvalue weighted by atomic mass is 9.61. The van der Waals surface area contributed by atoms with Crippen molar-refractivity contribution >= 4 is 0 Å². The molecular formula is C27H49N. The molecule has 0 aliphatic heterocycles. The summed E-state index contributed by atoms with van der Waals surface area (Å²) in [4.78, 5) is 0. The van der Waals surface area contributed by atoms with Crippen molar-refractivity contribution in [2.45, 2.75) is 130 Å². The van der Waals surface area contributed by atoms with E-state index >= 15 is 0 Å². The number of nitrogens with two attached hydrogens (primary N) is 1. The largest absolute Gasteiger partial charge is 0.327 e. The Kier molecular flexibility index (Phi) is 12.8. The van der Waals surface area contributed by atoms with Gasteiger partial charge in [0.25, 0.3) is 0 Å². The Morgan fingerprint density at radius 1 is 0.786 bits per heavy atom. The Bertz CT molecular complexity index is 499. The molecule has 0 spiro atoms. The number of unbranched alkanes of at least 4 members (excludes halogenated alkanes) is 5. The quantitative estimate of drug-likeness (QED) is 0.284. The highest BCUT2D eigenvalue weighted by Gasteiger charge is 2.40. The zero-order valence-corrected chi connectivity index (χ0v) is 19.7. The summed E-state index contributed by atoms with van der Waals surface area (Å²) < 4.78 is 0. The molecule has 2 N–H and O–H groups in total. The zero-order valence-electron chi connectivity index (χ0n) is 19.7. The van der Waals surface area contributed by atoms with Crippen LogP contribution in [0.2, 0.25) is 0 Å². The van der Waals surface area contributed by atoms with Gasteiger partial charge in [0, 0.05) is 6.04 Å². The Morgan fingerprint density at radius 2 is 1.36 bits per heavy atom. The Labute approximate surface area is 176 Å². The first-order valence-corrected chi connectivity index (χ1v) is 12.4. The highest BCUT2D eigenvalue weighted by Crippen LogP contribution is 2.45. The number of hydrogen-bond donors (Lipinski definition) is 1. The highest BCUT2D eigenvalue weighted by atomic mass is 14.7. The van der Waals surface area contributed by atoms with Gasteiger partial charge in [0.15, 0.2) is 0 Å². The van der Waals surface area contributed by atoms with Gasteiger partial charge < -0.3 is 5.73 Å². The molecule has 1 rings (SSSR count). The molecule has 0 saturated heterocycles. The second-order valence-corrected chi connectivity index (χ2v) is 9.07. The average molecular weight is 388 g/mol. The van der Waals surface area contributed by atoms with E-state index in [9.17, 15) is 0 Å². The number of benzene rings is 1. The minimum Gasteiger partial charge on any atom is -0.327 e. The van der Waals surface area contributed by atoms with Gasteiger partial charge in [-0.05, 0) is 54.6 Å². The lowest BCUT2D eigenvalue weighted by molar-refractivity contribution is 0.194. The van der Waals surface area contributed by atoms with Gasteiger partial charge in [0.1, 0.15) is 0 Å². The van der Waals surface area contributed by atoms with Crippen LogP contribution in [0.1, 0.15) is 123 Å². The molecule has 1 nitrogen and oxygen atoms in total. The van der Waals surface area contributed by atoms with E-state index in [0.717, 1.165) is 0 Å². The fourth-order valence-electron chi connectivity index (χ4n) is 4.96. The first kappa shape index (κ1) is 25.2. The van der Waals surface area contributed by atoms with E-state index in [2.05, 4.69) is 58.9 Å². The van der Waals surface area contributed by atoms with Crippen LogP contribution in [0.5, 0.6) is 0 Å². The molecule has 2 unspecified atom stereocenters. The minimum atomic E-state index is 0.238. The van der Waals surface area contributed by atoms with Crippen LogP contribution in [0.4, 0.5) is 0 Å². The second kappa shape index (κ2) is 14.2. The van der Waals surface area contributed by atoms with Crippen molar-refractivity contribution in [1.82, 2.24) is 0 Å². The smallest absolute Gasteiger partial charge is 0.00730 e. The Balaban J connectivity index is 3.31. The molecule has 0 heterocycles. The van der Waals surface area contributed by atoms with Crippen LogP contribution < -0.4 is 5.73 Å². The molecule has 1 aromatic carbocycles. The molecular weight excluding hydrogens is 338 g/mol. The van der Waals surface area contributed by atoms with Gasteiger partial charge in [-0.25, -0.2) is 0 Å². The highest BCUT2D eigenvalue weighted by molar-refractivity contribution is 5.36. The molecule has 1 heteroatoms. The van der Waals surface area contributed by atoms with E-state index < -0.39 is 0 Å². The van der Waals surface area contributed by atoms with E-state index in [1.165, 1.54) is 83.5 Å². The molecule has 1 aromatic rings. The lowest BCUT2D eigenvalue weighted by Crippen LogP contribution is -2.45. The summed E-state index contributed by atoms with van der Waals surface area (Å²) in [6.07, 6.45) is 16.5. The van der Waals surface area contributed by atoms with Crippen LogP contribution >= 0.6 is 0 Å². The van der Waals surface area contributed by atoms with Crippen molar-refractivity contribution in [3.8, 4) is 0 Å². The predicted octanol–water partition coefficient (Wildman–Crippen LogP) is 8.19. The maximum absolute atomic E-state index is 6.88. The summed E-state index contributed by atoms with van der Waals surface area (Å²) >= 11 is 0.